The molecular formula is C17H14ClN3OS. The molecule has 116 valence electrons. The highest BCUT2D eigenvalue weighted by Crippen LogP contribution is 2.21. The summed E-state index contributed by atoms with van der Waals surface area (Å²) in [5, 5.41) is 6.42. The second-order valence-electron chi connectivity index (χ2n) is 4.88. The normalized spacial score (nSPS) is 10.5. The molecule has 1 aromatic carbocycles. The lowest BCUT2D eigenvalue weighted by atomic mass is 10.2. The molecule has 3 aromatic rings. The Morgan fingerprint density at radius 2 is 2.17 bits per heavy atom. The van der Waals surface area contributed by atoms with Crippen LogP contribution >= 0.6 is 22.9 Å². The monoisotopic (exact) mass is 343 g/mol. The third-order valence-electron chi connectivity index (χ3n) is 3.22. The number of halogens is 1. The summed E-state index contributed by atoms with van der Waals surface area (Å²) in [4.78, 5) is 20.7. The summed E-state index contributed by atoms with van der Waals surface area (Å²) in [6.07, 6.45) is 4.22. The fourth-order valence-electron chi connectivity index (χ4n) is 2.09. The van der Waals surface area contributed by atoms with Crippen LogP contribution in [0.3, 0.4) is 0 Å². The van der Waals surface area contributed by atoms with Crippen molar-refractivity contribution >= 4 is 28.8 Å². The van der Waals surface area contributed by atoms with Gasteiger partial charge < -0.3 is 5.32 Å². The van der Waals surface area contributed by atoms with Gasteiger partial charge in [0.05, 0.1) is 10.7 Å². The summed E-state index contributed by atoms with van der Waals surface area (Å²) < 4.78 is 0. The number of nitrogens with one attached hydrogen (secondary N) is 1. The van der Waals surface area contributed by atoms with Crippen LogP contribution < -0.4 is 5.32 Å². The fourth-order valence-corrected chi connectivity index (χ4v) is 3.09. The Morgan fingerprint density at radius 3 is 2.96 bits per heavy atom. The molecule has 4 nitrogen and oxygen atoms in total. The number of carbonyl (C=O) groups excluding carboxylic acids is 1. The average molecular weight is 344 g/mol. The average Bonchev–Trinajstić information content (AvgIpc) is 3.04. The first-order valence-electron chi connectivity index (χ1n) is 7.11. The van der Waals surface area contributed by atoms with E-state index >= 15 is 0 Å². The van der Waals surface area contributed by atoms with Crippen LogP contribution in [0.15, 0.2) is 54.2 Å². The second kappa shape index (κ2) is 7.35. The summed E-state index contributed by atoms with van der Waals surface area (Å²) in [7, 11) is 0. The number of thiazole rings is 1. The van der Waals surface area contributed by atoms with Crippen LogP contribution in [0.4, 0.5) is 0 Å². The van der Waals surface area contributed by atoms with Crippen LogP contribution in [0.5, 0.6) is 0 Å². The summed E-state index contributed by atoms with van der Waals surface area (Å²) in [6.45, 7) is 0.533. The highest BCUT2D eigenvalue weighted by atomic mass is 35.5. The van der Waals surface area contributed by atoms with E-state index in [4.69, 9.17) is 11.6 Å². The van der Waals surface area contributed by atoms with E-state index in [1.807, 2.05) is 17.5 Å². The first-order valence-corrected chi connectivity index (χ1v) is 8.37. The van der Waals surface area contributed by atoms with E-state index in [2.05, 4.69) is 15.3 Å². The standard InChI is InChI=1S/C17H14ClN3OS/c18-14-5-1-3-12(9-14)17(22)20-8-6-16-21-15(11-23-16)13-4-2-7-19-10-13/h1-5,7,9-11H,6,8H2,(H,20,22). The van der Waals surface area contributed by atoms with Crippen LogP contribution in [-0.4, -0.2) is 22.4 Å². The highest BCUT2D eigenvalue weighted by Gasteiger charge is 2.07. The molecule has 6 heteroatoms. The zero-order valence-corrected chi connectivity index (χ0v) is 13.8. The number of carbonyl (C=O) groups is 1. The van der Waals surface area contributed by atoms with Crippen molar-refractivity contribution in [2.45, 2.75) is 6.42 Å². The molecular weight excluding hydrogens is 330 g/mol. The number of rotatable bonds is 5. The molecule has 0 atom stereocenters. The lowest BCUT2D eigenvalue weighted by Crippen LogP contribution is -2.25. The van der Waals surface area contributed by atoms with Crippen molar-refractivity contribution in [1.82, 2.24) is 15.3 Å². The summed E-state index contributed by atoms with van der Waals surface area (Å²) in [5.41, 5.74) is 2.48. The topological polar surface area (TPSA) is 54.9 Å². The minimum absolute atomic E-state index is 0.128. The van der Waals surface area contributed by atoms with Crippen LogP contribution in [0.2, 0.25) is 5.02 Å². The van der Waals surface area contributed by atoms with Crippen molar-refractivity contribution in [2.75, 3.05) is 6.54 Å². The zero-order valence-electron chi connectivity index (χ0n) is 12.2. The molecule has 0 aliphatic heterocycles. The number of hydrogen-bond donors (Lipinski definition) is 1. The molecule has 1 N–H and O–H groups in total. The van der Waals surface area contributed by atoms with E-state index in [9.17, 15) is 4.79 Å². The highest BCUT2D eigenvalue weighted by molar-refractivity contribution is 7.09. The van der Waals surface area contributed by atoms with Crippen LogP contribution in [0.1, 0.15) is 15.4 Å². The van der Waals surface area contributed by atoms with E-state index in [-0.39, 0.29) is 5.91 Å². The largest absolute Gasteiger partial charge is 0.352 e. The van der Waals surface area contributed by atoms with Gasteiger partial charge in [-0.2, -0.15) is 0 Å². The minimum atomic E-state index is -0.128. The first kappa shape index (κ1) is 15.6. The number of benzene rings is 1. The van der Waals surface area contributed by atoms with Crippen molar-refractivity contribution in [3.05, 3.63) is 69.8 Å². The van der Waals surface area contributed by atoms with Crippen molar-refractivity contribution in [3.63, 3.8) is 0 Å². The molecule has 0 unspecified atom stereocenters. The van der Waals surface area contributed by atoms with Gasteiger partial charge in [-0.15, -0.1) is 11.3 Å². The smallest absolute Gasteiger partial charge is 0.251 e. The van der Waals surface area contributed by atoms with Gasteiger partial charge in [-0.25, -0.2) is 4.98 Å². The van der Waals surface area contributed by atoms with Crippen molar-refractivity contribution < 1.29 is 4.79 Å². The molecule has 0 radical (unpaired) electrons. The molecule has 0 spiro atoms. The van der Waals surface area contributed by atoms with Gasteiger partial charge in [0.2, 0.25) is 0 Å². The van der Waals surface area contributed by atoms with E-state index in [1.54, 1.807) is 48.0 Å². The van der Waals surface area contributed by atoms with E-state index < -0.39 is 0 Å². The van der Waals surface area contributed by atoms with E-state index in [1.165, 1.54) is 0 Å². The predicted molar refractivity (Wildman–Crippen MR) is 92.8 cm³/mol. The molecule has 0 fully saturated rings. The van der Waals surface area contributed by atoms with Gasteiger partial charge >= 0.3 is 0 Å². The Kier molecular flexibility index (Phi) is 5.00. The van der Waals surface area contributed by atoms with Gasteiger partial charge in [-0.3, -0.25) is 9.78 Å². The summed E-state index contributed by atoms with van der Waals surface area (Å²) >= 11 is 7.47. The number of hydrogen-bond acceptors (Lipinski definition) is 4. The summed E-state index contributed by atoms with van der Waals surface area (Å²) in [6, 6.07) is 10.8. The Labute approximate surface area is 143 Å². The van der Waals surface area contributed by atoms with Gasteiger partial charge in [0, 0.05) is 46.9 Å². The molecule has 3 rings (SSSR count). The molecule has 0 saturated carbocycles. The van der Waals surface area contributed by atoms with Gasteiger partial charge in [0.1, 0.15) is 0 Å². The fraction of sp³-hybridized carbons (Fsp3) is 0.118. The zero-order chi connectivity index (χ0) is 16.1. The minimum Gasteiger partial charge on any atom is -0.352 e. The van der Waals surface area contributed by atoms with Crippen LogP contribution in [-0.2, 0) is 6.42 Å². The number of aromatic nitrogens is 2. The molecule has 23 heavy (non-hydrogen) atoms. The third kappa shape index (κ3) is 4.15. The Morgan fingerprint density at radius 1 is 1.26 bits per heavy atom. The third-order valence-corrected chi connectivity index (χ3v) is 4.36. The maximum absolute atomic E-state index is 12.0. The summed E-state index contributed by atoms with van der Waals surface area (Å²) in [5.74, 6) is -0.128. The lowest BCUT2D eigenvalue weighted by molar-refractivity contribution is 0.0954. The lowest BCUT2D eigenvalue weighted by Gasteiger charge is -2.04. The van der Waals surface area contributed by atoms with Gasteiger partial charge in [-0.05, 0) is 30.3 Å². The van der Waals surface area contributed by atoms with Crippen molar-refractivity contribution in [2.24, 2.45) is 0 Å². The maximum atomic E-state index is 12.0. The number of nitrogens with zero attached hydrogens (tertiary/aromatic N) is 2. The predicted octanol–water partition coefficient (Wildman–Crippen LogP) is 3.83. The van der Waals surface area contributed by atoms with Gasteiger partial charge in [0.25, 0.3) is 5.91 Å². The Hall–Kier alpha value is -2.24. The molecule has 0 aliphatic rings. The quantitative estimate of drug-likeness (QED) is 0.766. The molecule has 0 saturated heterocycles. The molecule has 1 amide bonds. The molecule has 0 aliphatic carbocycles. The van der Waals surface area contributed by atoms with Gasteiger partial charge in [0.15, 0.2) is 0 Å². The Bertz CT molecular complexity index is 804. The Balaban J connectivity index is 1.55. The van der Waals surface area contributed by atoms with Crippen LogP contribution in [0, 0.1) is 0 Å². The number of amides is 1. The molecule has 2 heterocycles. The van der Waals surface area contributed by atoms with Crippen molar-refractivity contribution in [3.8, 4) is 11.3 Å². The molecule has 2 aromatic heterocycles. The van der Waals surface area contributed by atoms with Crippen LogP contribution in [0.25, 0.3) is 11.3 Å². The van der Waals surface area contributed by atoms with E-state index in [0.29, 0.717) is 23.6 Å². The maximum Gasteiger partial charge on any atom is 0.251 e. The second-order valence-corrected chi connectivity index (χ2v) is 6.26. The van der Waals surface area contributed by atoms with E-state index in [0.717, 1.165) is 16.3 Å². The molecule has 0 bridgehead atoms. The van der Waals surface area contributed by atoms with Crippen molar-refractivity contribution in [1.29, 1.82) is 0 Å². The number of pyridine rings is 1. The SMILES string of the molecule is O=C(NCCc1nc(-c2cccnc2)cs1)c1cccc(Cl)c1. The first-order chi connectivity index (χ1) is 11.2. The van der Waals surface area contributed by atoms with Gasteiger partial charge in [-0.1, -0.05) is 17.7 Å².